The van der Waals surface area contributed by atoms with Gasteiger partial charge < -0.3 is 9.84 Å². The van der Waals surface area contributed by atoms with Crippen LogP contribution in [0.25, 0.3) is 0 Å². The molecule has 0 amide bonds. The maximum Gasteiger partial charge on any atom is 0.119 e. The van der Waals surface area contributed by atoms with Gasteiger partial charge in [0.1, 0.15) is 5.75 Å². The van der Waals surface area contributed by atoms with Crippen molar-refractivity contribution in [2.75, 3.05) is 7.11 Å². The van der Waals surface area contributed by atoms with Gasteiger partial charge in [0.15, 0.2) is 0 Å². The number of fused-ring (bicyclic) bond motifs is 5. The molecule has 1 aromatic rings. The number of aliphatic hydroxyl groups is 1. The maximum absolute atomic E-state index is 10.4. The Morgan fingerprint density at radius 2 is 2.05 bits per heavy atom. The molecule has 2 fully saturated rings. The van der Waals surface area contributed by atoms with Gasteiger partial charge in [-0.1, -0.05) is 13.0 Å². The van der Waals surface area contributed by atoms with Crippen LogP contribution in [-0.2, 0) is 6.42 Å². The third-order valence-electron chi connectivity index (χ3n) is 6.88. The second kappa shape index (κ2) is 4.74. The van der Waals surface area contributed by atoms with E-state index < -0.39 is 0 Å². The number of hydrogen-bond acceptors (Lipinski definition) is 2. The highest BCUT2D eigenvalue weighted by molar-refractivity contribution is 5.40. The summed E-state index contributed by atoms with van der Waals surface area (Å²) in [6.07, 6.45) is 7.07. The van der Waals surface area contributed by atoms with Crippen molar-refractivity contribution >= 4 is 0 Å². The van der Waals surface area contributed by atoms with Gasteiger partial charge in [-0.2, -0.15) is 0 Å². The van der Waals surface area contributed by atoms with Gasteiger partial charge >= 0.3 is 0 Å². The molecule has 3 aliphatic carbocycles. The van der Waals surface area contributed by atoms with E-state index in [1.165, 1.54) is 37.7 Å². The average molecular weight is 286 g/mol. The van der Waals surface area contributed by atoms with E-state index in [1.807, 2.05) is 0 Å². The molecule has 5 atom stereocenters. The topological polar surface area (TPSA) is 29.5 Å². The first-order valence-corrected chi connectivity index (χ1v) is 8.48. The van der Waals surface area contributed by atoms with Crippen molar-refractivity contribution in [1.29, 1.82) is 0 Å². The fraction of sp³-hybridized carbons (Fsp3) is 0.684. The van der Waals surface area contributed by atoms with Gasteiger partial charge in [-0.3, -0.25) is 0 Å². The number of aliphatic hydroxyl groups excluding tert-OH is 1. The minimum Gasteiger partial charge on any atom is -0.497 e. The van der Waals surface area contributed by atoms with Crippen molar-refractivity contribution in [2.45, 2.75) is 57.5 Å². The van der Waals surface area contributed by atoms with Crippen molar-refractivity contribution in [3.8, 4) is 5.75 Å². The average Bonchev–Trinajstić information content (AvgIpc) is 2.82. The molecular weight excluding hydrogens is 260 g/mol. The summed E-state index contributed by atoms with van der Waals surface area (Å²) in [5, 5.41) is 10.4. The summed E-state index contributed by atoms with van der Waals surface area (Å²) in [6.45, 7) is 2.34. The van der Waals surface area contributed by atoms with Crippen LogP contribution < -0.4 is 4.74 Å². The summed E-state index contributed by atoms with van der Waals surface area (Å²) in [5.41, 5.74) is 3.25. The molecule has 0 radical (unpaired) electrons. The SMILES string of the molecule is COc1ccc2c(c1)CC[C@@H]1[C@H]3CC[C@H](O)[C@@]3(C)CC[C@@H]21. The van der Waals surface area contributed by atoms with Gasteiger partial charge in [0.05, 0.1) is 13.2 Å². The van der Waals surface area contributed by atoms with Crippen molar-refractivity contribution in [2.24, 2.45) is 17.3 Å². The molecule has 2 nitrogen and oxygen atoms in total. The summed E-state index contributed by atoms with van der Waals surface area (Å²) in [5.74, 6) is 3.20. The number of methoxy groups -OCH3 is 1. The van der Waals surface area contributed by atoms with Gasteiger partial charge in [0, 0.05) is 0 Å². The van der Waals surface area contributed by atoms with Gasteiger partial charge in [-0.15, -0.1) is 0 Å². The molecule has 2 saturated carbocycles. The standard InChI is InChI=1S/C19H26O2/c1-19-10-9-15-14-6-4-13(21-2)11-12(14)3-5-16(15)17(19)7-8-18(19)20/h4,6,11,15-18,20H,3,5,7-10H2,1-2H3/t15-,16-,17+,18-,19-/m0/s1. The second-order valence-corrected chi connectivity index (χ2v) is 7.62. The Balaban J connectivity index is 1.68. The van der Waals surface area contributed by atoms with Crippen molar-refractivity contribution < 1.29 is 9.84 Å². The van der Waals surface area contributed by atoms with Crippen LogP contribution in [-0.4, -0.2) is 18.3 Å². The van der Waals surface area contributed by atoms with Crippen LogP contribution >= 0.6 is 0 Å². The highest BCUT2D eigenvalue weighted by atomic mass is 16.5. The van der Waals surface area contributed by atoms with Crippen LogP contribution in [0, 0.1) is 17.3 Å². The van der Waals surface area contributed by atoms with Crippen LogP contribution in [0.4, 0.5) is 0 Å². The predicted molar refractivity (Wildman–Crippen MR) is 83.6 cm³/mol. The summed E-state index contributed by atoms with van der Waals surface area (Å²) >= 11 is 0. The largest absolute Gasteiger partial charge is 0.497 e. The van der Waals surface area contributed by atoms with Crippen molar-refractivity contribution in [3.05, 3.63) is 29.3 Å². The number of aryl methyl sites for hydroxylation is 1. The first-order chi connectivity index (χ1) is 10.1. The molecule has 3 aliphatic rings. The minimum atomic E-state index is -0.0688. The van der Waals surface area contributed by atoms with E-state index in [1.54, 1.807) is 12.7 Å². The maximum atomic E-state index is 10.4. The number of ether oxygens (including phenoxy) is 1. The smallest absolute Gasteiger partial charge is 0.119 e. The summed E-state index contributed by atoms with van der Waals surface area (Å²) < 4.78 is 5.38. The third-order valence-corrected chi connectivity index (χ3v) is 6.88. The lowest BCUT2D eigenvalue weighted by Crippen LogP contribution is -2.43. The Hall–Kier alpha value is -1.02. The number of rotatable bonds is 1. The van der Waals surface area contributed by atoms with Gasteiger partial charge in [-0.25, -0.2) is 0 Å². The van der Waals surface area contributed by atoms with E-state index >= 15 is 0 Å². The fourth-order valence-corrected chi connectivity index (χ4v) is 5.66. The highest BCUT2D eigenvalue weighted by Gasteiger charge is 2.54. The number of benzene rings is 1. The number of hydrogen-bond donors (Lipinski definition) is 1. The van der Waals surface area contributed by atoms with E-state index in [-0.39, 0.29) is 11.5 Å². The predicted octanol–water partition coefficient (Wildman–Crippen LogP) is 3.91. The molecule has 1 aromatic carbocycles. The molecule has 0 heterocycles. The first-order valence-electron chi connectivity index (χ1n) is 8.48. The Morgan fingerprint density at radius 1 is 1.19 bits per heavy atom. The molecule has 0 aromatic heterocycles. The fourth-order valence-electron chi connectivity index (χ4n) is 5.66. The zero-order valence-electron chi connectivity index (χ0n) is 13.1. The Kier molecular flexibility index (Phi) is 3.08. The summed E-state index contributed by atoms with van der Waals surface area (Å²) in [4.78, 5) is 0. The molecule has 21 heavy (non-hydrogen) atoms. The molecule has 1 N–H and O–H groups in total. The summed E-state index contributed by atoms with van der Waals surface area (Å²) in [6, 6.07) is 6.67. The molecule has 0 spiro atoms. The normalized spacial score (nSPS) is 41.1. The Morgan fingerprint density at radius 3 is 2.86 bits per heavy atom. The first kappa shape index (κ1) is 13.6. The molecule has 0 unspecified atom stereocenters. The van der Waals surface area contributed by atoms with E-state index in [9.17, 15) is 5.11 Å². The van der Waals surface area contributed by atoms with Crippen LogP contribution in [0.2, 0.25) is 0 Å². The van der Waals surface area contributed by atoms with Crippen molar-refractivity contribution in [3.63, 3.8) is 0 Å². The lowest BCUT2D eigenvalue weighted by Gasteiger charge is -2.50. The molecule has 2 heteroatoms. The van der Waals surface area contributed by atoms with Crippen LogP contribution in [0.15, 0.2) is 18.2 Å². The van der Waals surface area contributed by atoms with Gasteiger partial charge in [0.25, 0.3) is 0 Å². The molecule has 114 valence electrons. The van der Waals surface area contributed by atoms with E-state index in [4.69, 9.17) is 4.74 Å². The molecular formula is C19H26O2. The third kappa shape index (κ3) is 1.88. The lowest BCUT2D eigenvalue weighted by atomic mass is 9.55. The van der Waals surface area contributed by atoms with E-state index in [0.717, 1.165) is 24.0 Å². The van der Waals surface area contributed by atoms with E-state index in [2.05, 4.69) is 25.1 Å². The molecule has 0 saturated heterocycles. The highest BCUT2D eigenvalue weighted by Crippen LogP contribution is 2.60. The quantitative estimate of drug-likeness (QED) is 0.848. The molecule has 4 rings (SSSR count). The monoisotopic (exact) mass is 286 g/mol. The zero-order valence-corrected chi connectivity index (χ0v) is 13.1. The van der Waals surface area contributed by atoms with Crippen molar-refractivity contribution in [1.82, 2.24) is 0 Å². The molecule has 0 aliphatic heterocycles. The van der Waals surface area contributed by atoms with Crippen LogP contribution in [0.3, 0.4) is 0 Å². The Labute approximate surface area is 127 Å². The van der Waals surface area contributed by atoms with Crippen LogP contribution in [0.1, 0.15) is 56.1 Å². The molecule has 0 bridgehead atoms. The van der Waals surface area contributed by atoms with E-state index in [0.29, 0.717) is 5.92 Å². The van der Waals surface area contributed by atoms with Gasteiger partial charge in [0.2, 0.25) is 0 Å². The minimum absolute atomic E-state index is 0.0688. The second-order valence-electron chi connectivity index (χ2n) is 7.62. The summed E-state index contributed by atoms with van der Waals surface area (Å²) in [7, 11) is 1.75. The van der Waals surface area contributed by atoms with Gasteiger partial charge in [-0.05, 0) is 85.0 Å². The lowest BCUT2D eigenvalue weighted by molar-refractivity contribution is -0.0226. The zero-order chi connectivity index (χ0) is 14.6. The Bertz CT molecular complexity index is 552. The van der Waals surface area contributed by atoms with Crippen LogP contribution in [0.5, 0.6) is 5.75 Å².